The summed E-state index contributed by atoms with van der Waals surface area (Å²) in [5.74, 6) is 0.713. The van der Waals surface area contributed by atoms with Crippen LogP contribution >= 0.6 is 11.6 Å². The minimum atomic E-state index is -0.585. The Balaban J connectivity index is 1.61. The summed E-state index contributed by atoms with van der Waals surface area (Å²) in [5, 5.41) is 6.88. The normalized spacial score (nSPS) is 14.8. The van der Waals surface area contributed by atoms with E-state index in [1.165, 1.54) is 18.2 Å². The fourth-order valence-corrected chi connectivity index (χ4v) is 3.96. The predicted molar refractivity (Wildman–Crippen MR) is 114 cm³/mol. The van der Waals surface area contributed by atoms with Crippen molar-refractivity contribution in [2.75, 3.05) is 6.61 Å². The first-order valence-corrected chi connectivity index (χ1v) is 10.4. The van der Waals surface area contributed by atoms with Crippen molar-refractivity contribution >= 4 is 17.5 Å². The Kier molecular flexibility index (Phi) is 5.87. The number of carbonyl (C=O) groups excluding carboxylic acids is 1. The Morgan fingerprint density at radius 3 is 2.94 bits per heavy atom. The van der Waals surface area contributed by atoms with Gasteiger partial charge in [-0.2, -0.15) is 0 Å². The Morgan fingerprint density at radius 2 is 2.19 bits per heavy atom. The number of hydrogen-bond acceptors (Lipinski definition) is 5. The second-order valence-corrected chi connectivity index (χ2v) is 7.78. The molecule has 1 aromatic heterocycles. The average molecular weight is 445 g/mol. The summed E-state index contributed by atoms with van der Waals surface area (Å²) in [6, 6.07) is 8.12. The zero-order valence-electron chi connectivity index (χ0n) is 17.4. The third-order valence-electron chi connectivity index (χ3n) is 5.11. The van der Waals surface area contributed by atoms with Crippen molar-refractivity contribution in [3.05, 3.63) is 63.6 Å². The van der Waals surface area contributed by atoms with Crippen molar-refractivity contribution < 1.29 is 23.2 Å². The van der Waals surface area contributed by atoms with Gasteiger partial charge in [0.1, 0.15) is 40.4 Å². The average Bonchev–Trinajstić information content (AvgIpc) is 3.27. The fraction of sp³-hybridized carbons (Fsp3) is 0.304. The maximum atomic E-state index is 14.4. The Hall–Kier alpha value is -3.06. The summed E-state index contributed by atoms with van der Waals surface area (Å²) in [6.07, 6.45) is 0.913. The van der Waals surface area contributed by atoms with Crippen LogP contribution in [0, 0.1) is 12.7 Å². The number of halogens is 2. The van der Waals surface area contributed by atoms with Gasteiger partial charge in [0.25, 0.3) is 5.91 Å². The van der Waals surface area contributed by atoms with E-state index in [9.17, 15) is 9.18 Å². The second kappa shape index (κ2) is 8.59. The van der Waals surface area contributed by atoms with E-state index in [1.807, 2.05) is 26.0 Å². The third-order valence-corrected chi connectivity index (χ3v) is 5.42. The van der Waals surface area contributed by atoms with Crippen molar-refractivity contribution in [2.24, 2.45) is 0 Å². The first-order valence-electron chi connectivity index (χ1n) is 10.0. The lowest BCUT2D eigenvalue weighted by molar-refractivity contribution is 0.0949. The van der Waals surface area contributed by atoms with Crippen LogP contribution in [0.4, 0.5) is 4.39 Å². The largest absolute Gasteiger partial charge is 0.494 e. The first-order chi connectivity index (χ1) is 14.9. The number of rotatable bonds is 6. The van der Waals surface area contributed by atoms with E-state index >= 15 is 0 Å². The molecule has 0 spiro atoms. The molecule has 4 rings (SSSR count). The van der Waals surface area contributed by atoms with Crippen LogP contribution in [0.5, 0.6) is 11.5 Å². The lowest BCUT2D eigenvalue weighted by Crippen LogP contribution is -2.24. The minimum absolute atomic E-state index is 0.0288. The van der Waals surface area contributed by atoms with E-state index in [-0.39, 0.29) is 40.3 Å². The number of hydrogen-bond donors (Lipinski definition) is 1. The molecule has 31 heavy (non-hydrogen) atoms. The molecule has 3 aromatic rings. The van der Waals surface area contributed by atoms with Crippen molar-refractivity contribution in [2.45, 2.75) is 39.8 Å². The highest BCUT2D eigenvalue weighted by Gasteiger charge is 2.26. The minimum Gasteiger partial charge on any atom is -0.494 e. The summed E-state index contributed by atoms with van der Waals surface area (Å²) in [6.45, 7) is 6.19. The molecule has 1 N–H and O–H groups in total. The molecule has 0 fully saturated rings. The highest BCUT2D eigenvalue weighted by atomic mass is 35.5. The molecule has 0 saturated heterocycles. The molecule has 162 valence electrons. The molecule has 1 amide bonds. The second-order valence-electron chi connectivity index (χ2n) is 7.37. The predicted octanol–water partition coefficient (Wildman–Crippen LogP) is 5.09. The Morgan fingerprint density at radius 1 is 1.39 bits per heavy atom. The van der Waals surface area contributed by atoms with Crippen LogP contribution in [0.25, 0.3) is 11.3 Å². The van der Waals surface area contributed by atoms with E-state index in [2.05, 4.69) is 10.5 Å². The van der Waals surface area contributed by atoms with Gasteiger partial charge in [0.2, 0.25) is 0 Å². The molecule has 1 atom stereocenters. The lowest BCUT2D eigenvalue weighted by Gasteiger charge is -2.13. The number of amides is 1. The SMILES string of the molecule is CCOc1cc2c(cc1CNC(=O)c1c(-c3c(F)cccc3Cl)noc1C)O[C@H](C)C2. The smallest absolute Gasteiger partial charge is 0.257 e. The zero-order valence-corrected chi connectivity index (χ0v) is 18.2. The zero-order chi connectivity index (χ0) is 22.1. The van der Waals surface area contributed by atoms with Crippen molar-refractivity contribution in [3.63, 3.8) is 0 Å². The van der Waals surface area contributed by atoms with Gasteiger partial charge in [0.15, 0.2) is 0 Å². The van der Waals surface area contributed by atoms with Gasteiger partial charge in [0, 0.05) is 24.1 Å². The standard InChI is InChI=1S/C23H22ClFN2O4/c1-4-29-18-9-14-8-12(2)30-19(14)10-15(18)11-26-23(28)20-13(3)31-27-22(20)21-16(24)6-5-7-17(21)25/h5-7,9-10,12H,4,8,11H2,1-3H3,(H,26,28)/t12-/m1/s1. The van der Waals surface area contributed by atoms with E-state index < -0.39 is 11.7 Å². The molecule has 0 aliphatic carbocycles. The van der Waals surface area contributed by atoms with Gasteiger partial charge >= 0.3 is 0 Å². The van der Waals surface area contributed by atoms with Crippen molar-refractivity contribution in [3.8, 4) is 22.8 Å². The number of fused-ring (bicyclic) bond motifs is 1. The summed E-state index contributed by atoms with van der Waals surface area (Å²) in [5.41, 5.74) is 2.09. The van der Waals surface area contributed by atoms with Gasteiger partial charge in [-0.1, -0.05) is 22.8 Å². The molecular formula is C23H22ClFN2O4. The fourth-order valence-electron chi connectivity index (χ4n) is 3.71. The van der Waals surface area contributed by atoms with Gasteiger partial charge in [-0.05, 0) is 45.0 Å². The van der Waals surface area contributed by atoms with Crippen LogP contribution in [0.2, 0.25) is 5.02 Å². The molecule has 0 bridgehead atoms. The maximum absolute atomic E-state index is 14.4. The van der Waals surface area contributed by atoms with E-state index in [4.69, 9.17) is 25.6 Å². The van der Waals surface area contributed by atoms with Gasteiger partial charge in [-0.3, -0.25) is 4.79 Å². The molecule has 6 nitrogen and oxygen atoms in total. The molecule has 8 heteroatoms. The number of nitrogens with zero attached hydrogens (tertiary/aromatic N) is 1. The van der Waals surface area contributed by atoms with Crippen LogP contribution in [0.3, 0.4) is 0 Å². The number of carbonyl (C=O) groups is 1. The van der Waals surface area contributed by atoms with Gasteiger partial charge in [0.05, 0.1) is 17.2 Å². The van der Waals surface area contributed by atoms with Crippen molar-refractivity contribution in [1.82, 2.24) is 10.5 Å². The van der Waals surface area contributed by atoms with Gasteiger partial charge in [-0.25, -0.2) is 4.39 Å². The van der Waals surface area contributed by atoms with Gasteiger partial charge < -0.3 is 19.3 Å². The molecule has 1 aliphatic heterocycles. The summed E-state index contributed by atoms with van der Waals surface area (Å²) in [4.78, 5) is 13.0. The molecular weight excluding hydrogens is 423 g/mol. The van der Waals surface area contributed by atoms with Crippen LogP contribution in [-0.4, -0.2) is 23.8 Å². The molecule has 0 saturated carbocycles. The van der Waals surface area contributed by atoms with E-state index in [0.717, 1.165) is 23.3 Å². The highest BCUT2D eigenvalue weighted by Crippen LogP contribution is 2.36. The van der Waals surface area contributed by atoms with Crippen LogP contribution in [0.15, 0.2) is 34.9 Å². The quantitative estimate of drug-likeness (QED) is 0.573. The van der Waals surface area contributed by atoms with Crippen molar-refractivity contribution in [1.29, 1.82) is 0 Å². The Bertz CT molecular complexity index is 1120. The summed E-state index contributed by atoms with van der Waals surface area (Å²) in [7, 11) is 0. The monoisotopic (exact) mass is 444 g/mol. The number of ether oxygens (including phenoxy) is 2. The molecule has 2 aromatic carbocycles. The van der Waals surface area contributed by atoms with Crippen LogP contribution in [-0.2, 0) is 13.0 Å². The number of benzene rings is 2. The number of nitrogens with one attached hydrogen (secondary N) is 1. The topological polar surface area (TPSA) is 73.6 Å². The number of aryl methyl sites for hydroxylation is 1. The molecule has 2 heterocycles. The number of aromatic nitrogens is 1. The maximum Gasteiger partial charge on any atom is 0.257 e. The van der Waals surface area contributed by atoms with E-state index in [1.54, 1.807) is 6.92 Å². The third kappa shape index (κ3) is 4.10. The molecule has 0 radical (unpaired) electrons. The highest BCUT2D eigenvalue weighted by molar-refractivity contribution is 6.33. The van der Waals surface area contributed by atoms with Crippen LogP contribution in [0.1, 0.15) is 41.1 Å². The lowest BCUT2D eigenvalue weighted by atomic mass is 10.0. The van der Waals surface area contributed by atoms with E-state index in [0.29, 0.717) is 12.4 Å². The summed E-state index contributed by atoms with van der Waals surface area (Å²) >= 11 is 6.16. The first kappa shape index (κ1) is 21.2. The van der Waals surface area contributed by atoms with Gasteiger partial charge in [-0.15, -0.1) is 0 Å². The molecule has 0 unspecified atom stereocenters. The van der Waals surface area contributed by atoms with Crippen LogP contribution < -0.4 is 14.8 Å². The molecule has 1 aliphatic rings. The summed E-state index contributed by atoms with van der Waals surface area (Å²) < 4.78 is 31.2. The Labute approximate surface area is 184 Å².